The van der Waals surface area contributed by atoms with Crippen molar-refractivity contribution in [2.24, 2.45) is 10.7 Å². The van der Waals surface area contributed by atoms with Gasteiger partial charge in [0.15, 0.2) is 5.96 Å². The fourth-order valence-corrected chi connectivity index (χ4v) is 6.73. The summed E-state index contributed by atoms with van der Waals surface area (Å²) in [6, 6.07) is -1.21. The van der Waals surface area contributed by atoms with Gasteiger partial charge in [0.25, 0.3) is 0 Å². The number of amides is 3. The molecule has 1 atom stereocenters. The van der Waals surface area contributed by atoms with Crippen LogP contribution in [0, 0.1) is 5.21 Å². The first-order valence-corrected chi connectivity index (χ1v) is 23.3. The number of hydrogen-bond donors (Lipinski definition) is 3. The molecule has 0 rings (SSSR count). The van der Waals surface area contributed by atoms with E-state index in [0.717, 1.165) is 38.5 Å². The highest BCUT2D eigenvalue weighted by atomic mass is 16.6. The molecule has 4 N–H and O–H groups in total. The highest BCUT2D eigenvalue weighted by Crippen LogP contribution is 2.15. The fraction of sp³-hybridized carbons (Fsp3) is 0.870. The van der Waals surface area contributed by atoms with Crippen LogP contribution in [0.15, 0.2) is 17.1 Å². The second-order valence-corrected chi connectivity index (χ2v) is 17.0. The molecule has 0 aromatic carbocycles. The predicted molar refractivity (Wildman–Crippen MR) is 240 cm³/mol. The lowest BCUT2D eigenvalue weighted by molar-refractivity contribution is -0.133. The summed E-state index contributed by atoms with van der Waals surface area (Å²) in [7, 11) is 1.17. The van der Waals surface area contributed by atoms with Gasteiger partial charge in [0.2, 0.25) is 11.8 Å². The Labute approximate surface area is 350 Å². The van der Waals surface area contributed by atoms with Crippen LogP contribution in [0.3, 0.4) is 0 Å². The summed E-state index contributed by atoms with van der Waals surface area (Å²) >= 11 is 0. The first-order valence-electron chi connectivity index (χ1n) is 23.3. The van der Waals surface area contributed by atoms with E-state index in [-0.39, 0.29) is 19.0 Å². The maximum atomic E-state index is 13.5. The molecule has 0 bridgehead atoms. The van der Waals surface area contributed by atoms with Gasteiger partial charge in [0, 0.05) is 13.1 Å². The Balaban J connectivity index is 4.85. The molecule has 3 amide bonds. The van der Waals surface area contributed by atoms with Gasteiger partial charge in [-0.1, -0.05) is 167 Å². The van der Waals surface area contributed by atoms with Crippen molar-refractivity contribution in [1.82, 2.24) is 20.6 Å². The molecule has 0 fully saturated rings. The van der Waals surface area contributed by atoms with Gasteiger partial charge in [-0.25, -0.2) is 9.79 Å². The Morgan fingerprint density at radius 1 is 0.649 bits per heavy atom. The number of rotatable bonds is 37. The molecular weight excluding hydrogens is 717 g/mol. The Morgan fingerprint density at radius 2 is 1.04 bits per heavy atom. The molecule has 11 nitrogen and oxygen atoms in total. The molecule has 0 saturated carbocycles. The van der Waals surface area contributed by atoms with Gasteiger partial charge in [-0.3, -0.25) is 9.59 Å². The smallest absolute Gasteiger partial charge is 0.407 e. The monoisotopic (exact) mass is 806 g/mol. The molecule has 334 valence electrons. The largest absolute Gasteiger partial charge is 0.756 e. The second kappa shape index (κ2) is 37.5. The van der Waals surface area contributed by atoms with Crippen LogP contribution >= 0.6 is 0 Å². The molecule has 0 aliphatic rings. The van der Waals surface area contributed by atoms with E-state index in [9.17, 15) is 19.6 Å². The Morgan fingerprint density at radius 3 is 1.42 bits per heavy atom. The van der Waals surface area contributed by atoms with Crippen LogP contribution in [0.1, 0.15) is 214 Å². The number of hydrogen-bond acceptors (Lipinski definition) is 6. The maximum Gasteiger partial charge on any atom is 0.407 e. The molecule has 0 spiro atoms. The topological polar surface area (TPSA) is 152 Å². The molecule has 0 aliphatic heterocycles. The molecule has 0 aliphatic carbocycles. The first kappa shape index (κ1) is 54.2. The van der Waals surface area contributed by atoms with Crippen molar-refractivity contribution >= 4 is 23.9 Å². The van der Waals surface area contributed by atoms with Crippen molar-refractivity contribution in [1.29, 1.82) is 0 Å². The number of ether oxygens (including phenoxy) is 1. The lowest BCUT2D eigenvalue weighted by atomic mass is 10.0. The second-order valence-electron chi connectivity index (χ2n) is 17.0. The van der Waals surface area contributed by atoms with Crippen molar-refractivity contribution in [3.8, 4) is 0 Å². The number of alkyl carbamates (subject to hydrolysis) is 1. The molecule has 0 aromatic heterocycles. The number of guanidine groups is 1. The lowest BCUT2D eigenvalue weighted by Crippen LogP contribution is -2.48. The summed E-state index contributed by atoms with van der Waals surface area (Å²) in [6.45, 7) is 10.6. The van der Waals surface area contributed by atoms with E-state index >= 15 is 0 Å². The third-order valence-corrected chi connectivity index (χ3v) is 10.2. The average Bonchev–Trinajstić information content (AvgIpc) is 3.16. The van der Waals surface area contributed by atoms with E-state index in [4.69, 9.17) is 10.5 Å². The van der Waals surface area contributed by atoms with E-state index in [1.807, 2.05) is 4.90 Å². The van der Waals surface area contributed by atoms with Gasteiger partial charge < -0.3 is 36.3 Å². The highest BCUT2D eigenvalue weighted by Gasteiger charge is 2.23. The average molecular weight is 806 g/mol. The Bertz CT molecular complexity index is 1040. The lowest BCUT2D eigenvalue weighted by Gasteiger charge is -2.26. The number of nitrogens with two attached hydrogens (primary N) is 1. The molecule has 0 saturated heterocycles. The molecular formula is C46H89N6O5-. The quantitative estimate of drug-likeness (QED) is 0.0186. The van der Waals surface area contributed by atoms with Gasteiger partial charge in [-0.05, 0) is 66.3 Å². The standard InChI is InChI=1S/C46H89N6O5/c1-7-9-11-13-15-17-19-21-23-24-26-28-30-32-34-36-38-52(37-35-33-31-29-27-25-22-20-18-16-14-12-10-8-2)42(53)40-48-43(54)41(50-44(47)51(6)56)39-49-45(55)57-46(3,4)5/h21,23,41H,7-20,22,24-40H2,1-6H3,(H2,47,50)(H,48,54)(H,49,55)/q-1/b23-21-. The number of allylic oxidation sites excluding steroid dienone is 2. The normalized spacial score (nSPS) is 12.5. The number of unbranched alkanes of at least 4 members (excludes halogenated alkanes) is 25. The molecule has 11 heteroatoms. The fourth-order valence-electron chi connectivity index (χ4n) is 6.73. The van der Waals surface area contributed by atoms with Gasteiger partial charge in [-0.2, -0.15) is 0 Å². The van der Waals surface area contributed by atoms with Crippen molar-refractivity contribution in [3.63, 3.8) is 0 Å². The molecule has 1 unspecified atom stereocenters. The number of nitrogens with zero attached hydrogens (tertiary/aromatic N) is 3. The van der Waals surface area contributed by atoms with E-state index in [2.05, 4.69) is 41.6 Å². The third-order valence-electron chi connectivity index (χ3n) is 10.2. The van der Waals surface area contributed by atoms with Crippen LogP contribution in [-0.2, 0) is 14.3 Å². The minimum absolute atomic E-state index is 0.150. The van der Waals surface area contributed by atoms with E-state index in [1.54, 1.807) is 20.8 Å². The number of carbonyl (C=O) groups excluding carboxylic acids is 3. The van der Waals surface area contributed by atoms with Crippen molar-refractivity contribution < 1.29 is 19.1 Å². The number of aliphatic imine (C=N–C) groups is 1. The SMILES string of the molecule is CCCCCCCC/C=C\CCCCCCCCN(CCCCCCCCCCCCCCCC)C(=O)CNC(=O)C(CNC(=O)OC(C)(C)C)N=C(N)N(C)[O-]. The zero-order chi connectivity index (χ0) is 42.4. The van der Waals surface area contributed by atoms with Crippen LogP contribution in [0.4, 0.5) is 4.79 Å². The first-order chi connectivity index (χ1) is 27.4. The van der Waals surface area contributed by atoms with E-state index < -0.39 is 29.6 Å². The zero-order valence-corrected chi connectivity index (χ0v) is 37.8. The number of hydroxylamine groups is 2. The number of carbonyl (C=O) groups is 3. The van der Waals surface area contributed by atoms with Crippen molar-refractivity contribution in [2.45, 2.75) is 226 Å². The molecule has 0 heterocycles. The predicted octanol–water partition coefficient (Wildman–Crippen LogP) is 11.1. The zero-order valence-electron chi connectivity index (χ0n) is 37.8. The van der Waals surface area contributed by atoms with Gasteiger partial charge >= 0.3 is 6.09 Å². The molecule has 0 radical (unpaired) electrons. The van der Waals surface area contributed by atoms with E-state index in [1.165, 1.54) is 148 Å². The summed E-state index contributed by atoms with van der Waals surface area (Å²) in [5.74, 6) is -1.17. The summed E-state index contributed by atoms with van der Waals surface area (Å²) in [5, 5.41) is 17.2. The summed E-state index contributed by atoms with van der Waals surface area (Å²) in [5.41, 5.74) is 4.99. The minimum atomic E-state index is -1.21. The summed E-state index contributed by atoms with van der Waals surface area (Å²) in [6.07, 6.45) is 39.1. The highest BCUT2D eigenvalue weighted by molar-refractivity contribution is 5.90. The maximum absolute atomic E-state index is 13.5. The Kier molecular flexibility index (Phi) is 35.6. The van der Waals surface area contributed by atoms with Gasteiger partial charge in [0.05, 0.1) is 13.1 Å². The van der Waals surface area contributed by atoms with Crippen LogP contribution in [0.25, 0.3) is 0 Å². The third kappa shape index (κ3) is 36.0. The summed E-state index contributed by atoms with van der Waals surface area (Å²) in [4.78, 5) is 44.8. The summed E-state index contributed by atoms with van der Waals surface area (Å²) < 4.78 is 5.26. The molecule has 0 aromatic rings. The molecule has 57 heavy (non-hydrogen) atoms. The van der Waals surface area contributed by atoms with Crippen molar-refractivity contribution in [2.75, 3.05) is 33.2 Å². The van der Waals surface area contributed by atoms with Crippen LogP contribution in [0.2, 0.25) is 0 Å². The Hall–Kier alpha value is -2.82. The van der Waals surface area contributed by atoms with Gasteiger partial charge in [-0.15, -0.1) is 0 Å². The van der Waals surface area contributed by atoms with Crippen molar-refractivity contribution in [3.05, 3.63) is 17.4 Å². The van der Waals surface area contributed by atoms with Crippen LogP contribution in [-0.4, -0.2) is 78.7 Å². The van der Waals surface area contributed by atoms with E-state index in [0.29, 0.717) is 18.2 Å². The van der Waals surface area contributed by atoms with Gasteiger partial charge in [0.1, 0.15) is 11.6 Å². The minimum Gasteiger partial charge on any atom is -0.756 e. The number of nitrogens with one attached hydrogen (secondary N) is 2. The van der Waals surface area contributed by atoms with Crippen LogP contribution < -0.4 is 16.4 Å². The van der Waals surface area contributed by atoms with Crippen LogP contribution in [0.5, 0.6) is 0 Å².